The van der Waals surface area contributed by atoms with Gasteiger partial charge in [0.25, 0.3) is 0 Å². The molecule has 0 unspecified atom stereocenters. The number of aromatic nitrogens is 2. The number of carbonyl (C=O) groups excluding carboxylic acids is 1. The summed E-state index contributed by atoms with van der Waals surface area (Å²) in [5.74, 6) is 0.460. The van der Waals surface area contributed by atoms with Crippen LogP contribution in [-0.4, -0.2) is 39.5 Å². The Morgan fingerprint density at radius 2 is 2.17 bits per heavy atom. The summed E-state index contributed by atoms with van der Waals surface area (Å²) in [6.07, 6.45) is 15.9. The molecule has 1 aromatic heterocycles. The Labute approximate surface area is 207 Å². The van der Waals surface area contributed by atoms with Crippen LogP contribution in [0.15, 0.2) is 58.9 Å². The van der Waals surface area contributed by atoms with E-state index in [9.17, 15) is 9.90 Å². The number of Topliss-reactive ketones (excluding diaryl/α,β-unsaturated/α-hetero) is 1. The molecule has 1 heterocycles. The topological polar surface area (TPSA) is 88.1 Å². The molecule has 5 rings (SSSR count). The average Bonchev–Trinajstić information content (AvgIpc) is 3.46. The lowest BCUT2D eigenvalue weighted by Gasteiger charge is -2.55. The standard InChI is InChI=1S/C29H35N3O3/c1-4-29-14-13-28(34,19-35-5-2)16-20(29)6-7-22-23-8-9-25(27(23,3)12-10-24(22)29)26(33)18-32-15-11-21(17-30)31-32/h8-12,15,20,34H,4-7,13-14,16,18-19H2,1-3H3/t20-,27-,28+,29-/m0/s1. The Morgan fingerprint density at radius 3 is 2.89 bits per heavy atom. The Hall–Kier alpha value is -2.75. The molecule has 35 heavy (non-hydrogen) atoms. The maximum atomic E-state index is 13.3. The van der Waals surface area contributed by atoms with Crippen molar-refractivity contribution >= 4 is 5.78 Å². The highest BCUT2D eigenvalue weighted by atomic mass is 16.5. The minimum Gasteiger partial charge on any atom is -0.387 e. The highest BCUT2D eigenvalue weighted by molar-refractivity contribution is 5.99. The van der Waals surface area contributed by atoms with Crippen molar-refractivity contribution in [2.45, 2.75) is 71.4 Å². The number of allylic oxidation sites excluding steroid dienone is 8. The fraction of sp³-hybridized carbons (Fsp3) is 0.552. The third-order valence-corrected chi connectivity index (χ3v) is 9.06. The SMILES string of the molecule is CCOC[C@@]1(O)CC[C@]2(CC)C3=C(CC[C@H]2C1)C1=CC=C(C(=O)Cn2ccc(C#N)n2)[C@@]1(C)C=C3. The monoisotopic (exact) mass is 473 g/mol. The number of rotatable bonds is 7. The number of ether oxygens (including phenoxy) is 1. The first-order chi connectivity index (χ1) is 16.8. The van der Waals surface area contributed by atoms with Crippen molar-refractivity contribution in [2.75, 3.05) is 13.2 Å². The number of hydrogen-bond acceptors (Lipinski definition) is 5. The van der Waals surface area contributed by atoms with Gasteiger partial charge in [0, 0.05) is 23.8 Å². The second-order valence-electron chi connectivity index (χ2n) is 10.8. The lowest BCUT2D eigenvalue weighted by molar-refractivity contribution is -0.117. The molecule has 1 saturated carbocycles. The highest BCUT2D eigenvalue weighted by Crippen LogP contribution is 2.62. The molecule has 0 saturated heterocycles. The van der Waals surface area contributed by atoms with Crippen molar-refractivity contribution in [3.05, 3.63) is 64.6 Å². The van der Waals surface area contributed by atoms with E-state index < -0.39 is 11.0 Å². The molecule has 6 heteroatoms. The van der Waals surface area contributed by atoms with Crippen LogP contribution in [0.25, 0.3) is 0 Å². The van der Waals surface area contributed by atoms with Gasteiger partial charge in [-0.1, -0.05) is 31.2 Å². The molecule has 1 aromatic rings. The van der Waals surface area contributed by atoms with Gasteiger partial charge in [0.2, 0.25) is 0 Å². The molecule has 184 valence electrons. The summed E-state index contributed by atoms with van der Waals surface area (Å²) in [5, 5.41) is 24.4. The van der Waals surface area contributed by atoms with Crippen molar-refractivity contribution in [3.8, 4) is 6.07 Å². The van der Waals surface area contributed by atoms with Crippen LogP contribution in [0.3, 0.4) is 0 Å². The molecule has 0 spiro atoms. The molecule has 4 atom stereocenters. The molecule has 0 aliphatic heterocycles. The lowest BCUT2D eigenvalue weighted by atomic mass is 9.51. The van der Waals surface area contributed by atoms with Gasteiger partial charge in [-0.3, -0.25) is 9.48 Å². The van der Waals surface area contributed by atoms with Gasteiger partial charge in [-0.25, -0.2) is 0 Å². The van der Waals surface area contributed by atoms with Gasteiger partial charge in [0.1, 0.15) is 12.6 Å². The van der Waals surface area contributed by atoms with Gasteiger partial charge in [0.15, 0.2) is 11.5 Å². The summed E-state index contributed by atoms with van der Waals surface area (Å²) in [6, 6.07) is 3.64. The van der Waals surface area contributed by atoms with E-state index in [2.05, 4.69) is 37.2 Å². The van der Waals surface area contributed by atoms with Gasteiger partial charge in [0.05, 0.1) is 12.2 Å². The third-order valence-electron chi connectivity index (χ3n) is 9.06. The van der Waals surface area contributed by atoms with Gasteiger partial charge >= 0.3 is 0 Å². The number of carbonyl (C=O) groups is 1. The molecule has 6 nitrogen and oxygen atoms in total. The van der Waals surface area contributed by atoms with Crippen LogP contribution in [0.2, 0.25) is 0 Å². The highest BCUT2D eigenvalue weighted by Gasteiger charge is 2.53. The number of fused-ring (bicyclic) bond motifs is 4. The summed E-state index contributed by atoms with van der Waals surface area (Å²) >= 11 is 0. The molecule has 1 N–H and O–H groups in total. The van der Waals surface area contributed by atoms with E-state index in [4.69, 9.17) is 10.00 Å². The molecular formula is C29H35N3O3. The number of ketones is 1. The fourth-order valence-corrected chi connectivity index (χ4v) is 7.15. The molecule has 0 radical (unpaired) electrons. The first-order valence-corrected chi connectivity index (χ1v) is 12.9. The van der Waals surface area contributed by atoms with Crippen molar-refractivity contribution in [1.29, 1.82) is 5.26 Å². The van der Waals surface area contributed by atoms with Crippen LogP contribution in [0, 0.1) is 28.1 Å². The second kappa shape index (κ2) is 8.72. The van der Waals surface area contributed by atoms with E-state index in [0.29, 0.717) is 24.8 Å². The zero-order chi connectivity index (χ0) is 24.8. The van der Waals surface area contributed by atoms with Crippen molar-refractivity contribution < 1.29 is 14.6 Å². The largest absolute Gasteiger partial charge is 0.387 e. The van der Waals surface area contributed by atoms with Crippen LogP contribution in [-0.2, 0) is 16.1 Å². The molecule has 0 bridgehead atoms. The summed E-state index contributed by atoms with van der Waals surface area (Å²) in [7, 11) is 0. The normalized spacial score (nSPS) is 33.4. The Balaban J connectivity index is 1.40. The van der Waals surface area contributed by atoms with Crippen LogP contribution in [0.4, 0.5) is 0 Å². The van der Waals surface area contributed by atoms with Gasteiger partial charge in [-0.2, -0.15) is 10.4 Å². The first kappa shape index (κ1) is 24.0. The molecular weight excluding hydrogens is 438 g/mol. The van der Waals surface area contributed by atoms with E-state index in [1.54, 1.807) is 16.9 Å². The number of aliphatic hydroxyl groups is 1. The van der Waals surface area contributed by atoms with Gasteiger partial charge in [-0.05, 0) is 86.5 Å². The van der Waals surface area contributed by atoms with Crippen LogP contribution >= 0.6 is 0 Å². The first-order valence-electron chi connectivity index (χ1n) is 12.9. The van der Waals surface area contributed by atoms with Crippen molar-refractivity contribution in [1.82, 2.24) is 9.78 Å². The number of hydrogen-bond donors (Lipinski definition) is 1. The predicted molar refractivity (Wildman–Crippen MR) is 133 cm³/mol. The van der Waals surface area contributed by atoms with Crippen LogP contribution in [0.5, 0.6) is 0 Å². The van der Waals surface area contributed by atoms with E-state index in [1.165, 1.54) is 16.7 Å². The molecule has 4 aliphatic carbocycles. The lowest BCUT2D eigenvalue weighted by Crippen LogP contribution is -2.50. The van der Waals surface area contributed by atoms with Gasteiger partial charge in [-0.15, -0.1) is 0 Å². The third kappa shape index (κ3) is 3.77. The zero-order valence-corrected chi connectivity index (χ0v) is 21.0. The zero-order valence-electron chi connectivity index (χ0n) is 21.0. The molecule has 4 aliphatic rings. The Bertz CT molecular complexity index is 1210. The average molecular weight is 474 g/mol. The predicted octanol–water partition coefficient (Wildman–Crippen LogP) is 4.82. The fourth-order valence-electron chi connectivity index (χ4n) is 7.15. The van der Waals surface area contributed by atoms with Crippen molar-refractivity contribution in [3.63, 3.8) is 0 Å². The van der Waals surface area contributed by atoms with E-state index in [0.717, 1.165) is 44.1 Å². The van der Waals surface area contributed by atoms with Crippen molar-refractivity contribution in [2.24, 2.45) is 16.7 Å². The summed E-state index contributed by atoms with van der Waals surface area (Å²) < 4.78 is 7.18. The summed E-state index contributed by atoms with van der Waals surface area (Å²) in [5.41, 5.74) is 4.07. The minimum atomic E-state index is -0.726. The quantitative estimate of drug-likeness (QED) is 0.613. The maximum Gasteiger partial charge on any atom is 0.181 e. The number of nitrogens with zero attached hydrogens (tertiary/aromatic N) is 3. The Kier molecular flexibility index (Phi) is 5.97. The molecule has 1 fully saturated rings. The molecule has 0 aromatic carbocycles. The smallest absolute Gasteiger partial charge is 0.181 e. The minimum absolute atomic E-state index is 0.0255. The van der Waals surface area contributed by atoms with E-state index in [1.807, 2.05) is 19.1 Å². The second-order valence-corrected chi connectivity index (χ2v) is 10.8. The summed E-state index contributed by atoms with van der Waals surface area (Å²) in [6.45, 7) is 7.59. The number of nitriles is 1. The van der Waals surface area contributed by atoms with Crippen LogP contribution in [0.1, 0.15) is 65.0 Å². The maximum absolute atomic E-state index is 13.3. The van der Waals surface area contributed by atoms with E-state index in [-0.39, 0.29) is 17.7 Å². The van der Waals surface area contributed by atoms with Gasteiger partial charge < -0.3 is 9.84 Å². The van der Waals surface area contributed by atoms with Crippen LogP contribution < -0.4 is 0 Å². The molecule has 0 amide bonds. The Morgan fingerprint density at radius 1 is 1.34 bits per heavy atom. The van der Waals surface area contributed by atoms with E-state index >= 15 is 0 Å². The summed E-state index contributed by atoms with van der Waals surface area (Å²) in [4.78, 5) is 13.3.